The summed E-state index contributed by atoms with van der Waals surface area (Å²) in [6.07, 6.45) is 4.96. The van der Waals surface area contributed by atoms with Crippen molar-refractivity contribution in [2.45, 2.75) is 32.2 Å². The fourth-order valence-electron chi connectivity index (χ4n) is 2.10. The van der Waals surface area contributed by atoms with Crippen molar-refractivity contribution in [3.63, 3.8) is 0 Å². The molecule has 0 aromatic carbocycles. The highest BCUT2D eigenvalue weighted by Gasteiger charge is 2.24. The van der Waals surface area contributed by atoms with Crippen molar-refractivity contribution in [3.8, 4) is 0 Å². The van der Waals surface area contributed by atoms with Gasteiger partial charge in [0.1, 0.15) is 5.15 Å². The molecule has 2 heterocycles. The van der Waals surface area contributed by atoms with Gasteiger partial charge in [0.05, 0.1) is 0 Å². The summed E-state index contributed by atoms with van der Waals surface area (Å²) in [4.78, 5) is 18.0. The van der Waals surface area contributed by atoms with Crippen molar-refractivity contribution in [2.75, 3.05) is 6.54 Å². The number of aromatic nitrogens is 1. The number of pyridine rings is 1. The molecule has 1 aliphatic heterocycles. The van der Waals surface area contributed by atoms with Gasteiger partial charge in [-0.1, -0.05) is 11.6 Å². The van der Waals surface area contributed by atoms with Gasteiger partial charge in [0.15, 0.2) is 0 Å². The van der Waals surface area contributed by atoms with E-state index in [4.69, 9.17) is 11.6 Å². The molecule has 0 aliphatic carbocycles. The third kappa shape index (κ3) is 2.35. The molecule has 86 valence electrons. The fourth-order valence-corrected chi connectivity index (χ4v) is 2.28. The number of carbonyl (C=O) groups excluding carboxylic acids is 1. The number of nitrogens with zero attached hydrogens (tertiary/aromatic N) is 2. The third-order valence-electron chi connectivity index (χ3n) is 3.04. The first-order valence-electron chi connectivity index (χ1n) is 5.61. The Kier molecular flexibility index (Phi) is 3.44. The van der Waals surface area contributed by atoms with Crippen LogP contribution in [0.2, 0.25) is 5.15 Å². The molecular formula is C12H15ClN2O. The second-order valence-corrected chi connectivity index (χ2v) is 4.60. The quantitative estimate of drug-likeness (QED) is 0.705. The van der Waals surface area contributed by atoms with Crippen LogP contribution in [0.5, 0.6) is 0 Å². The molecule has 1 saturated heterocycles. The summed E-state index contributed by atoms with van der Waals surface area (Å²) in [5.41, 5.74) is 0.633. The first kappa shape index (κ1) is 11.4. The van der Waals surface area contributed by atoms with Gasteiger partial charge in [-0.05, 0) is 38.3 Å². The monoisotopic (exact) mass is 238 g/mol. The van der Waals surface area contributed by atoms with Crippen LogP contribution in [0.15, 0.2) is 18.3 Å². The van der Waals surface area contributed by atoms with Gasteiger partial charge in [-0.15, -0.1) is 0 Å². The minimum atomic E-state index is 0.0662. The molecule has 0 N–H and O–H groups in total. The Morgan fingerprint density at radius 2 is 2.38 bits per heavy atom. The van der Waals surface area contributed by atoms with Crippen LogP contribution in [0.3, 0.4) is 0 Å². The van der Waals surface area contributed by atoms with E-state index in [-0.39, 0.29) is 5.91 Å². The average Bonchev–Trinajstić information content (AvgIpc) is 2.29. The van der Waals surface area contributed by atoms with Gasteiger partial charge in [-0.2, -0.15) is 0 Å². The molecule has 1 fully saturated rings. The molecule has 2 rings (SSSR count). The molecule has 3 nitrogen and oxygen atoms in total. The summed E-state index contributed by atoms with van der Waals surface area (Å²) < 4.78 is 0. The smallest absolute Gasteiger partial charge is 0.254 e. The Balaban J connectivity index is 2.17. The summed E-state index contributed by atoms with van der Waals surface area (Å²) in [5.74, 6) is 0.0662. The fraction of sp³-hybridized carbons (Fsp3) is 0.500. The summed E-state index contributed by atoms with van der Waals surface area (Å²) in [6, 6.07) is 3.67. The van der Waals surface area contributed by atoms with Crippen LogP contribution in [-0.2, 0) is 0 Å². The van der Waals surface area contributed by atoms with Crippen LogP contribution >= 0.6 is 11.6 Å². The summed E-state index contributed by atoms with van der Waals surface area (Å²) in [5, 5.41) is 0.371. The van der Waals surface area contributed by atoms with Gasteiger partial charge >= 0.3 is 0 Å². The Bertz CT molecular complexity index is 394. The van der Waals surface area contributed by atoms with E-state index in [1.165, 1.54) is 6.42 Å². The lowest BCUT2D eigenvalue weighted by atomic mass is 10.0. The van der Waals surface area contributed by atoms with E-state index in [1.54, 1.807) is 18.3 Å². The van der Waals surface area contributed by atoms with Crippen molar-refractivity contribution in [2.24, 2.45) is 0 Å². The molecule has 1 atom stereocenters. The number of carbonyl (C=O) groups is 1. The molecule has 1 aromatic rings. The lowest BCUT2D eigenvalue weighted by Gasteiger charge is -2.33. The van der Waals surface area contributed by atoms with Crippen LogP contribution < -0.4 is 0 Å². The Morgan fingerprint density at radius 3 is 3.06 bits per heavy atom. The van der Waals surface area contributed by atoms with Gasteiger partial charge in [0.2, 0.25) is 0 Å². The highest BCUT2D eigenvalue weighted by molar-refractivity contribution is 6.29. The lowest BCUT2D eigenvalue weighted by Crippen LogP contribution is -2.42. The maximum Gasteiger partial charge on any atom is 0.254 e. The highest BCUT2D eigenvalue weighted by Crippen LogP contribution is 2.19. The van der Waals surface area contributed by atoms with E-state index in [0.717, 1.165) is 19.4 Å². The highest BCUT2D eigenvalue weighted by atomic mass is 35.5. The third-order valence-corrected chi connectivity index (χ3v) is 3.24. The van der Waals surface area contributed by atoms with Crippen molar-refractivity contribution < 1.29 is 4.79 Å². The van der Waals surface area contributed by atoms with Crippen molar-refractivity contribution in [1.29, 1.82) is 0 Å². The van der Waals surface area contributed by atoms with Gasteiger partial charge in [0.25, 0.3) is 5.91 Å². The molecule has 0 saturated carbocycles. The molecule has 4 heteroatoms. The van der Waals surface area contributed by atoms with Gasteiger partial charge in [0, 0.05) is 24.3 Å². The number of piperidine rings is 1. The van der Waals surface area contributed by atoms with E-state index in [2.05, 4.69) is 11.9 Å². The van der Waals surface area contributed by atoms with Crippen LogP contribution in [0, 0.1) is 0 Å². The predicted octanol–water partition coefficient (Wildman–Crippen LogP) is 2.75. The molecule has 1 amide bonds. The lowest BCUT2D eigenvalue weighted by molar-refractivity contribution is 0.0635. The van der Waals surface area contributed by atoms with Crippen molar-refractivity contribution in [3.05, 3.63) is 29.0 Å². The Labute approximate surface area is 100 Å². The zero-order valence-corrected chi connectivity index (χ0v) is 10.1. The number of rotatable bonds is 1. The van der Waals surface area contributed by atoms with Crippen LogP contribution in [0.4, 0.5) is 0 Å². The van der Waals surface area contributed by atoms with Crippen LogP contribution in [-0.4, -0.2) is 28.4 Å². The number of hydrogen-bond donors (Lipinski definition) is 0. The van der Waals surface area contributed by atoms with E-state index in [1.807, 2.05) is 4.90 Å². The summed E-state index contributed by atoms with van der Waals surface area (Å²) in [7, 11) is 0. The number of halogens is 1. The van der Waals surface area contributed by atoms with Gasteiger partial charge in [-0.25, -0.2) is 4.98 Å². The predicted molar refractivity (Wildman–Crippen MR) is 63.6 cm³/mol. The number of hydrogen-bond acceptors (Lipinski definition) is 2. The molecule has 1 aromatic heterocycles. The van der Waals surface area contributed by atoms with Crippen molar-refractivity contribution >= 4 is 17.5 Å². The topological polar surface area (TPSA) is 33.2 Å². The minimum absolute atomic E-state index is 0.0662. The normalized spacial score (nSPS) is 20.9. The minimum Gasteiger partial charge on any atom is -0.336 e. The molecule has 1 aliphatic rings. The number of likely N-dealkylation sites (tertiary alicyclic amines) is 1. The van der Waals surface area contributed by atoms with Crippen LogP contribution in [0.1, 0.15) is 36.5 Å². The second-order valence-electron chi connectivity index (χ2n) is 4.21. The summed E-state index contributed by atoms with van der Waals surface area (Å²) >= 11 is 5.78. The molecule has 0 radical (unpaired) electrons. The maximum atomic E-state index is 12.2. The van der Waals surface area contributed by atoms with Crippen molar-refractivity contribution in [1.82, 2.24) is 9.88 Å². The van der Waals surface area contributed by atoms with Gasteiger partial charge < -0.3 is 4.90 Å². The molecule has 0 unspecified atom stereocenters. The zero-order valence-electron chi connectivity index (χ0n) is 9.32. The zero-order chi connectivity index (χ0) is 11.5. The first-order chi connectivity index (χ1) is 7.68. The standard InChI is InChI=1S/C12H15ClN2O/c1-9-4-2-3-7-15(9)12(16)10-5-6-14-11(13)8-10/h5-6,8-9H,2-4,7H2,1H3/t9-/m0/s1. The largest absolute Gasteiger partial charge is 0.336 e. The van der Waals surface area contributed by atoms with Gasteiger partial charge in [-0.3, -0.25) is 4.79 Å². The Hall–Kier alpha value is -1.09. The number of amides is 1. The van der Waals surface area contributed by atoms with E-state index < -0.39 is 0 Å². The molecule has 0 spiro atoms. The average molecular weight is 239 g/mol. The first-order valence-corrected chi connectivity index (χ1v) is 5.99. The Morgan fingerprint density at radius 1 is 1.56 bits per heavy atom. The molecule has 0 bridgehead atoms. The van der Waals surface area contributed by atoms with Crippen LogP contribution in [0.25, 0.3) is 0 Å². The second kappa shape index (κ2) is 4.83. The summed E-state index contributed by atoms with van der Waals surface area (Å²) in [6.45, 7) is 2.94. The maximum absolute atomic E-state index is 12.2. The SMILES string of the molecule is C[C@H]1CCCCN1C(=O)c1ccnc(Cl)c1. The van der Waals surface area contributed by atoms with E-state index in [0.29, 0.717) is 16.8 Å². The molecule has 16 heavy (non-hydrogen) atoms. The van der Waals surface area contributed by atoms with E-state index >= 15 is 0 Å². The van der Waals surface area contributed by atoms with E-state index in [9.17, 15) is 4.79 Å². The molecular weight excluding hydrogens is 224 g/mol.